The Bertz CT molecular complexity index is 2260. The number of nitriles is 1. The summed E-state index contributed by atoms with van der Waals surface area (Å²) in [5, 5.41) is 12.0. The van der Waals surface area contributed by atoms with Crippen molar-refractivity contribution < 1.29 is 0 Å². The molecule has 0 spiro atoms. The van der Waals surface area contributed by atoms with Gasteiger partial charge in [0, 0.05) is 45.5 Å². The summed E-state index contributed by atoms with van der Waals surface area (Å²) in [4.78, 5) is 10.5. The molecule has 3 heterocycles. The number of hydrogen-bond donors (Lipinski definition) is 0. The maximum Gasteiger partial charge on any atom is 0.189 e. The van der Waals surface area contributed by atoms with E-state index >= 15 is 0 Å². The Balaban J connectivity index is 1.48. The Morgan fingerprint density at radius 1 is 0.711 bits per heavy atom. The fourth-order valence-corrected chi connectivity index (χ4v) is 6.97. The summed E-state index contributed by atoms with van der Waals surface area (Å²) in [6, 6.07) is 41.9. The standard InChI is InChI=1S/C40H27N5/c1-40(2)34-11-5-8-14-38(34)45(39-15-9-6-12-35(39)40)31-22-28(27-18-26(24-41)19-29(20-27)42-3)21-30(23-31)44-36-13-7-4-10-32(36)33-25-43-17-16-37(33)44/h4-23,25H,1-2H3. The molecule has 0 bridgehead atoms. The molecule has 8 rings (SSSR count). The molecule has 0 saturated carbocycles. The Kier molecular flexibility index (Phi) is 5.85. The van der Waals surface area contributed by atoms with Crippen LogP contribution in [0, 0.1) is 17.9 Å². The number of hydrogen-bond acceptors (Lipinski definition) is 3. The smallest absolute Gasteiger partial charge is 0.189 e. The highest BCUT2D eigenvalue weighted by molar-refractivity contribution is 6.09. The number of pyridine rings is 1. The van der Waals surface area contributed by atoms with Gasteiger partial charge in [-0.2, -0.15) is 5.26 Å². The molecule has 5 heteroatoms. The van der Waals surface area contributed by atoms with Crippen LogP contribution in [-0.4, -0.2) is 9.55 Å². The lowest BCUT2D eigenvalue weighted by Crippen LogP contribution is -2.30. The van der Waals surface area contributed by atoms with Crippen LogP contribution in [0.4, 0.5) is 22.7 Å². The summed E-state index contributed by atoms with van der Waals surface area (Å²) in [6.07, 6.45) is 3.76. The van der Waals surface area contributed by atoms with E-state index < -0.39 is 0 Å². The van der Waals surface area contributed by atoms with Crippen molar-refractivity contribution in [2.45, 2.75) is 19.3 Å². The molecule has 5 aromatic carbocycles. The van der Waals surface area contributed by atoms with E-state index in [0.29, 0.717) is 11.3 Å². The topological polar surface area (TPSA) is 49.2 Å². The zero-order chi connectivity index (χ0) is 30.7. The molecule has 0 atom stereocenters. The summed E-state index contributed by atoms with van der Waals surface area (Å²) in [5.74, 6) is 0. The minimum Gasteiger partial charge on any atom is -0.310 e. The van der Waals surface area contributed by atoms with Gasteiger partial charge in [-0.05, 0) is 82.9 Å². The first kappa shape index (κ1) is 26.5. The van der Waals surface area contributed by atoms with Gasteiger partial charge in [0.1, 0.15) is 0 Å². The van der Waals surface area contributed by atoms with Crippen LogP contribution in [0.5, 0.6) is 0 Å². The maximum absolute atomic E-state index is 9.83. The quantitative estimate of drug-likeness (QED) is 0.196. The molecule has 5 nitrogen and oxygen atoms in total. The molecule has 0 aliphatic carbocycles. The fraction of sp³-hybridized carbons (Fsp3) is 0.0750. The van der Waals surface area contributed by atoms with Crippen molar-refractivity contribution in [3.63, 3.8) is 0 Å². The number of fused-ring (bicyclic) bond motifs is 5. The summed E-state index contributed by atoms with van der Waals surface area (Å²) in [7, 11) is 0. The highest BCUT2D eigenvalue weighted by atomic mass is 15.2. The highest BCUT2D eigenvalue weighted by Crippen LogP contribution is 2.52. The van der Waals surface area contributed by atoms with Crippen LogP contribution < -0.4 is 4.90 Å². The van der Waals surface area contributed by atoms with Gasteiger partial charge in [0.2, 0.25) is 0 Å². The van der Waals surface area contributed by atoms with Crippen molar-refractivity contribution in [1.29, 1.82) is 5.26 Å². The van der Waals surface area contributed by atoms with Gasteiger partial charge < -0.3 is 9.47 Å². The first-order chi connectivity index (χ1) is 22.0. The number of aromatic nitrogens is 2. The third-order valence-electron chi connectivity index (χ3n) is 9.04. The molecular weight excluding hydrogens is 550 g/mol. The molecule has 0 amide bonds. The second-order valence-corrected chi connectivity index (χ2v) is 12.0. The van der Waals surface area contributed by atoms with E-state index in [2.05, 4.69) is 136 Å². The first-order valence-electron chi connectivity index (χ1n) is 14.9. The Morgan fingerprint density at radius 2 is 1.36 bits per heavy atom. The van der Waals surface area contributed by atoms with Gasteiger partial charge >= 0.3 is 0 Å². The number of nitrogens with zero attached hydrogens (tertiary/aromatic N) is 5. The largest absolute Gasteiger partial charge is 0.310 e. The van der Waals surface area contributed by atoms with Crippen molar-refractivity contribution in [3.8, 4) is 22.9 Å². The minimum atomic E-state index is -0.185. The molecule has 0 unspecified atom stereocenters. The molecular formula is C40H27N5. The lowest BCUT2D eigenvalue weighted by Gasteiger charge is -2.42. The first-order valence-corrected chi connectivity index (χ1v) is 14.9. The van der Waals surface area contributed by atoms with E-state index in [1.165, 1.54) is 11.1 Å². The summed E-state index contributed by atoms with van der Waals surface area (Å²) in [6.45, 7) is 12.3. The lowest BCUT2D eigenvalue weighted by molar-refractivity contribution is 0.632. The molecule has 2 aromatic heterocycles. The number of benzene rings is 5. The normalized spacial score (nSPS) is 13.2. The Labute approximate surface area is 261 Å². The number of anilines is 3. The van der Waals surface area contributed by atoms with Gasteiger partial charge in [0.05, 0.1) is 35.0 Å². The maximum atomic E-state index is 9.83. The molecule has 0 saturated heterocycles. The van der Waals surface area contributed by atoms with Crippen LogP contribution in [0.2, 0.25) is 0 Å². The zero-order valence-electron chi connectivity index (χ0n) is 24.9. The average Bonchev–Trinajstić information content (AvgIpc) is 3.42. The third kappa shape index (κ3) is 4.03. The predicted molar refractivity (Wildman–Crippen MR) is 182 cm³/mol. The van der Waals surface area contributed by atoms with Gasteiger partial charge in [-0.3, -0.25) is 4.98 Å². The molecule has 0 fully saturated rings. The van der Waals surface area contributed by atoms with Crippen LogP contribution in [-0.2, 0) is 5.41 Å². The Hall–Kier alpha value is -6.17. The molecule has 45 heavy (non-hydrogen) atoms. The van der Waals surface area contributed by atoms with Crippen molar-refractivity contribution >= 4 is 44.6 Å². The van der Waals surface area contributed by atoms with Crippen molar-refractivity contribution in [2.75, 3.05) is 4.90 Å². The van der Waals surface area contributed by atoms with E-state index in [4.69, 9.17) is 6.57 Å². The minimum absolute atomic E-state index is 0.185. The SMILES string of the molecule is [C-]#[N+]c1cc(C#N)cc(-c2cc(N3c4ccccc4C(C)(C)c4ccccc43)cc(-n3c4ccccc4c4cnccc43)c2)c1. The van der Waals surface area contributed by atoms with Crippen LogP contribution in [0.15, 0.2) is 128 Å². The second kappa shape index (κ2) is 9.95. The summed E-state index contributed by atoms with van der Waals surface area (Å²) >= 11 is 0. The Morgan fingerprint density at radius 3 is 2.09 bits per heavy atom. The highest BCUT2D eigenvalue weighted by Gasteiger charge is 2.36. The molecule has 0 N–H and O–H groups in total. The zero-order valence-corrected chi connectivity index (χ0v) is 24.9. The molecule has 1 aliphatic rings. The third-order valence-corrected chi connectivity index (χ3v) is 9.04. The molecule has 0 radical (unpaired) electrons. The van der Waals surface area contributed by atoms with Crippen molar-refractivity contribution in [2.24, 2.45) is 0 Å². The van der Waals surface area contributed by atoms with Gasteiger partial charge in [0.25, 0.3) is 0 Å². The van der Waals surface area contributed by atoms with Crippen LogP contribution >= 0.6 is 0 Å². The fourth-order valence-electron chi connectivity index (χ4n) is 6.97. The van der Waals surface area contributed by atoms with E-state index in [9.17, 15) is 5.26 Å². The predicted octanol–water partition coefficient (Wildman–Crippen LogP) is 10.4. The average molecular weight is 578 g/mol. The lowest BCUT2D eigenvalue weighted by atomic mass is 9.73. The van der Waals surface area contributed by atoms with E-state index in [-0.39, 0.29) is 5.41 Å². The summed E-state index contributed by atoms with van der Waals surface area (Å²) in [5.41, 5.74) is 11.3. The van der Waals surface area contributed by atoms with E-state index in [1.807, 2.05) is 24.5 Å². The van der Waals surface area contributed by atoms with Gasteiger partial charge in [0.15, 0.2) is 5.69 Å². The van der Waals surface area contributed by atoms with Gasteiger partial charge in [-0.25, -0.2) is 4.85 Å². The number of para-hydroxylation sites is 3. The monoisotopic (exact) mass is 577 g/mol. The molecule has 7 aromatic rings. The van der Waals surface area contributed by atoms with E-state index in [0.717, 1.165) is 55.7 Å². The van der Waals surface area contributed by atoms with Gasteiger partial charge in [-0.15, -0.1) is 0 Å². The number of rotatable bonds is 3. The van der Waals surface area contributed by atoms with Crippen LogP contribution in [0.1, 0.15) is 30.5 Å². The second-order valence-electron chi connectivity index (χ2n) is 12.0. The molecule has 1 aliphatic heterocycles. The van der Waals surface area contributed by atoms with Crippen molar-refractivity contribution in [3.05, 3.63) is 156 Å². The molecule has 212 valence electrons. The summed E-state index contributed by atoms with van der Waals surface area (Å²) < 4.78 is 2.29. The van der Waals surface area contributed by atoms with Gasteiger partial charge in [-0.1, -0.05) is 68.4 Å². The van der Waals surface area contributed by atoms with Crippen LogP contribution in [0.25, 0.3) is 43.5 Å². The van der Waals surface area contributed by atoms with E-state index in [1.54, 1.807) is 6.07 Å². The van der Waals surface area contributed by atoms with Crippen molar-refractivity contribution in [1.82, 2.24) is 9.55 Å². The van der Waals surface area contributed by atoms with Crippen LogP contribution in [0.3, 0.4) is 0 Å².